The molecule has 6 nitrogen and oxygen atoms in total. The van der Waals surface area contributed by atoms with Crippen LogP contribution in [0.4, 0.5) is 0 Å². The van der Waals surface area contributed by atoms with Gasteiger partial charge >= 0.3 is 11.9 Å². The third-order valence-electron chi connectivity index (χ3n) is 4.71. The fourth-order valence-corrected chi connectivity index (χ4v) is 3.21. The molecule has 1 heterocycles. The Morgan fingerprint density at radius 1 is 0.964 bits per heavy atom. The second-order valence-electron chi connectivity index (χ2n) is 6.52. The number of fused-ring (bicyclic) bond motifs is 1. The molecule has 0 bridgehead atoms. The first kappa shape index (κ1) is 19.5. The molecule has 0 N–H and O–H groups in total. The van der Waals surface area contributed by atoms with Crippen LogP contribution < -0.4 is 4.74 Å². The van der Waals surface area contributed by atoms with Gasteiger partial charge in [0, 0.05) is 29.7 Å². The first-order chi connectivity index (χ1) is 13.5. The molecule has 6 heteroatoms. The molecule has 0 radical (unpaired) electrons. The van der Waals surface area contributed by atoms with Gasteiger partial charge in [-0.15, -0.1) is 0 Å². The van der Waals surface area contributed by atoms with E-state index < -0.39 is 17.9 Å². The van der Waals surface area contributed by atoms with Crippen LogP contribution in [0.2, 0.25) is 0 Å². The van der Waals surface area contributed by atoms with Crippen LogP contribution in [0.25, 0.3) is 10.9 Å². The number of ether oxygens (including phenoxy) is 3. The van der Waals surface area contributed by atoms with Crippen molar-refractivity contribution in [2.45, 2.75) is 13.0 Å². The number of aryl methyl sites for hydroxylation is 1. The Morgan fingerprint density at radius 3 is 2.25 bits per heavy atom. The average molecular weight is 381 g/mol. The molecule has 0 aliphatic carbocycles. The van der Waals surface area contributed by atoms with Gasteiger partial charge in [0.1, 0.15) is 12.4 Å². The van der Waals surface area contributed by atoms with Gasteiger partial charge in [-0.1, -0.05) is 30.3 Å². The van der Waals surface area contributed by atoms with Crippen molar-refractivity contribution in [1.29, 1.82) is 0 Å². The topological polar surface area (TPSA) is 66.8 Å². The smallest absolute Gasteiger partial charge is 0.320 e. The van der Waals surface area contributed by atoms with Gasteiger partial charge in [-0.25, -0.2) is 0 Å². The molecule has 0 saturated heterocycles. The van der Waals surface area contributed by atoms with Crippen molar-refractivity contribution in [3.8, 4) is 5.75 Å². The number of rotatable bonds is 7. The number of hydrogen-bond acceptors (Lipinski definition) is 5. The van der Waals surface area contributed by atoms with Crippen LogP contribution >= 0.6 is 0 Å². The fraction of sp³-hybridized carbons (Fsp3) is 0.273. The molecule has 0 saturated carbocycles. The Hall–Kier alpha value is -3.28. The molecule has 146 valence electrons. The summed E-state index contributed by atoms with van der Waals surface area (Å²) in [5.74, 6) is -1.48. The highest BCUT2D eigenvalue weighted by Crippen LogP contribution is 2.23. The monoisotopic (exact) mass is 381 g/mol. The first-order valence-corrected chi connectivity index (χ1v) is 8.93. The first-order valence-electron chi connectivity index (χ1n) is 8.93. The van der Waals surface area contributed by atoms with E-state index in [1.165, 1.54) is 19.6 Å². The highest BCUT2D eigenvalue weighted by atomic mass is 16.5. The van der Waals surface area contributed by atoms with E-state index in [1.807, 2.05) is 43.4 Å². The van der Waals surface area contributed by atoms with E-state index >= 15 is 0 Å². The summed E-state index contributed by atoms with van der Waals surface area (Å²) in [7, 11) is 4.52. The van der Waals surface area contributed by atoms with E-state index in [0.717, 1.165) is 16.6 Å². The normalized spacial score (nSPS) is 10.9. The molecule has 0 aliphatic heterocycles. The average Bonchev–Trinajstić information content (AvgIpc) is 3.06. The van der Waals surface area contributed by atoms with Crippen molar-refractivity contribution in [1.82, 2.24) is 4.57 Å². The SMILES string of the molecule is COC(=O)C(Cc1ccc(OCc2cn(C)c3ccccc23)cc1)C(=O)OC. The molecule has 0 fully saturated rings. The van der Waals surface area contributed by atoms with E-state index in [9.17, 15) is 9.59 Å². The van der Waals surface area contributed by atoms with Gasteiger partial charge in [0.2, 0.25) is 0 Å². The van der Waals surface area contributed by atoms with Crippen LogP contribution in [-0.2, 0) is 39.1 Å². The van der Waals surface area contributed by atoms with E-state index in [-0.39, 0.29) is 6.42 Å². The Bertz CT molecular complexity index is 958. The van der Waals surface area contributed by atoms with Crippen molar-refractivity contribution in [3.05, 3.63) is 65.9 Å². The predicted molar refractivity (Wildman–Crippen MR) is 105 cm³/mol. The second-order valence-corrected chi connectivity index (χ2v) is 6.52. The number of hydrogen-bond donors (Lipinski definition) is 0. The number of benzene rings is 2. The zero-order chi connectivity index (χ0) is 20.1. The Kier molecular flexibility index (Phi) is 5.99. The summed E-state index contributed by atoms with van der Waals surface area (Å²) >= 11 is 0. The van der Waals surface area contributed by atoms with Crippen LogP contribution in [-0.4, -0.2) is 30.7 Å². The van der Waals surface area contributed by atoms with Gasteiger partial charge in [0.05, 0.1) is 14.2 Å². The highest BCUT2D eigenvalue weighted by Gasteiger charge is 2.28. The maximum atomic E-state index is 11.8. The molecule has 0 spiro atoms. The Balaban J connectivity index is 1.67. The van der Waals surface area contributed by atoms with Crippen molar-refractivity contribution < 1.29 is 23.8 Å². The summed E-state index contributed by atoms with van der Waals surface area (Å²) < 4.78 is 17.4. The molecule has 0 atom stereocenters. The van der Waals surface area contributed by atoms with Crippen molar-refractivity contribution >= 4 is 22.8 Å². The van der Waals surface area contributed by atoms with Gasteiger partial charge < -0.3 is 18.8 Å². The third kappa shape index (κ3) is 4.17. The maximum absolute atomic E-state index is 11.8. The number of aromatic nitrogens is 1. The standard InChI is InChI=1S/C22H23NO5/c1-23-13-16(18-6-4-5-7-20(18)23)14-28-17-10-8-15(9-11-17)12-19(21(24)26-2)22(25)27-3/h4-11,13,19H,12,14H2,1-3H3. The van der Waals surface area contributed by atoms with Gasteiger partial charge in [0.15, 0.2) is 5.92 Å². The number of esters is 2. The number of para-hydroxylation sites is 1. The molecular weight excluding hydrogens is 358 g/mol. The zero-order valence-electron chi connectivity index (χ0n) is 16.2. The lowest BCUT2D eigenvalue weighted by atomic mass is 9.99. The minimum atomic E-state index is -0.975. The van der Waals surface area contributed by atoms with Crippen LogP contribution in [0.5, 0.6) is 5.75 Å². The van der Waals surface area contributed by atoms with Gasteiger partial charge in [0.25, 0.3) is 0 Å². The molecule has 3 rings (SSSR count). The van der Waals surface area contributed by atoms with Gasteiger partial charge in [-0.2, -0.15) is 0 Å². The van der Waals surface area contributed by atoms with Crippen molar-refractivity contribution in [3.63, 3.8) is 0 Å². The van der Waals surface area contributed by atoms with E-state index in [2.05, 4.69) is 32.4 Å². The highest BCUT2D eigenvalue weighted by molar-refractivity contribution is 5.95. The number of methoxy groups -OCH3 is 2. The summed E-state index contributed by atoms with van der Waals surface area (Å²) in [5.41, 5.74) is 3.09. The summed E-state index contributed by atoms with van der Waals surface area (Å²) in [6.07, 6.45) is 2.28. The van der Waals surface area contributed by atoms with Crippen molar-refractivity contribution in [2.24, 2.45) is 13.0 Å². The minimum Gasteiger partial charge on any atom is -0.489 e. The van der Waals surface area contributed by atoms with Crippen molar-refractivity contribution in [2.75, 3.05) is 14.2 Å². The summed E-state index contributed by atoms with van der Waals surface area (Å²) in [6, 6.07) is 15.5. The minimum absolute atomic E-state index is 0.211. The van der Waals surface area contributed by atoms with E-state index in [4.69, 9.17) is 4.74 Å². The quantitative estimate of drug-likeness (QED) is 0.464. The fourth-order valence-electron chi connectivity index (χ4n) is 3.21. The maximum Gasteiger partial charge on any atom is 0.320 e. The van der Waals surface area contributed by atoms with Gasteiger partial charge in [-0.3, -0.25) is 9.59 Å². The molecule has 2 aromatic carbocycles. The predicted octanol–water partition coefficient (Wildman–Crippen LogP) is 3.26. The van der Waals surface area contributed by atoms with Crippen LogP contribution in [0.3, 0.4) is 0 Å². The van der Waals surface area contributed by atoms with Gasteiger partial charge in [-0.05, 0) is 30.2 Å². The summed E-state index contributed by atoms with van der Waals surface area (Å²) in [5, 5.41) is 1.17. The molecular formula is C22H23NO5. The molecule has 0 amide bonds. The summed E-state index contributed by atoms with van der Waals surface area (Å²) in [6.45, 7) is 0.452. The van der Waals surface area contributed by atoms with Crippen LogP contribution in [0.15, 0.2) is 54.7 Å². The lowest BCUT2D eigenvalue weighted by Crippen LogP contribution is -2.28. The third-order valence-corrected chi connectivity index (χ3v) is 4.71. The van der Waals surface area contributed by atoms with E-state index in [1.54, 1.807) is 0 Å². The number of carbonyl (C=O) groups excluding carboxylic acids is 2. The van der Waals surface area contributed by atoms with Crippen LogP contribution in [0, 0.1) is 5.92 Å². The number of carbonyl (C=O) groups is 2. The second kappa shape index (κ2) is 8.61. The summed E-state index contributed by atoms with van der Waals surface area (Å²) in [4.78, 5) is 23.6. The Labute approximate surface area is 163 Å². The molecule has 1 aromatic heterocycles. The molecule has 0 aliphatic rings. The number of nitrogens with zero attached hydrogens (tertiary/aromatic N) is 1. The lowest BCUT2D eigenvalue weighted by molar-refractivity contribution is -0.158. The molecule has 0 unspecified atom stereocenters. The molecule has 3 aromatic rings. The Morgan fingerprint density at radius 2 is 1.61 bits per heavy atom. The molecule has 28 heavy (non-hydrogen) atoms. The zero-order valence-corrected chi connectivity index (χ0v) is 16.2. The van der Waals surface area contributed by atoms with Crippen LogP contribution in [0.1, 0.15) is 11.1 Å². The largest absolute Gasteiger partial charge is 0.489 e. The van der Waals surface area contributed by atoms with E-state index in [0.29, 0.717) is 12.4 Å². The lowest BCUT2D eigenvalue weighted by Gasteiger charge is -2.13.